The summed E-state index contributed by atoms with van der Waals surface area (Å²) in [6, 6.07) is 11.3. The first-order valence-corrected chi connectivity index (χ1v) is 8.95. The Balaban J connectivity index is 1.63. The van der Waals surface area contributed by atoms with E-state index in [2.05, 4.69) is 43.0 Å². The lowest BCUT2D eigenvalue weighted by Crippen LogP contribution is -2.46. The van der Waals surface area contributed by atoms with Gasteiger partial charge in [0.25, 0.3) is 5.91 Å². The Hall–Kier alpha value is -1.92. The summed E-state index contributed by atoms with van der Waals surface area (Å²) in [5, 5.41) is 2.88. The number of likely N-dealkylation sites (N-methyl/N-ethyl adjacent to an activating group) is 1. The number of halogens is 1. The minimum absolute atomic E-state index is 0.150. The first kappa shape index (κ1) is 16.9. The Morgan fingerprint density at radius 2 is 2.00 bits per heavy atom. The van der Waals surface area contributed by atoms with Crippen LogP contribution in [0.5, 0.6) is 0 Å². The molecule has 0 unspecified atom stereocenters. The molecular formula is C18H21BrN4O. The zero-order valence-electron chi connectivity index (χ0n) is 13.7. The first-order valence-electron chi connectivity index (χ1n) is 8.16. The van der Waals surface area contributed by atoms with Crippen LogP contribution in [-0.2, 0) is 0 Å². The molecule has 1 aliphatic rings. The highest BCUT2D eigenvalue weighted by Crippen LogP contribution is 2.18. The highest BCUT2D eigenvalue weighted by atomic mass is 79.9. The number of nitrogens with zero attached hydrogens (tertiary/aromatic N) is 3. The number of benzene rings is 1. The van der Waals surface area contributed by atoms with Crippen molar-refractivity contribution in [2.75, 3.05) is 42.9 Å². The Labute approximate surface area is 150 Å². The maximum Gasteiger partial charge on any atom is 0.257 e. The molecule has 0 radical (unpaired) electrons. The zero-order chi connectivity index (χ0) is 16.9. The maximum atomic E-state index is 12.3. The fourth-order valence-electron chi connectivity index (χ4n) is 2.77. The normalized spacial score (nSPS) is 15.3. The van der Waals surface area contributed by atoms with E-state index in [4.69, 9.17) is 0 Å². The highest BCUT2D eigenvalue weighted by molar-refractivity contribution is 9.10. The quantitative estimate of drug-likeness (QED) is 0.873. The van der Waals surface area contributed by atoms with E-state index in [9.17, 15) is 4.79 Å². The Bertz CT molecular complexity index is 696. The summed E-state index contributed by atoms with van der Waals surface area (Å²) >= 11 is 3.40. The second-order valence-corrected chi connectivity index (χ2v) is 6.71. The van der Waals surface area contributed by atoms with Crippen LogP contribution < -0.4 is 10.2 Å². The van der Waals surface area contributed by atoms with Crippen molar-refractivity contribution in [2.24, 2.45) is 0 Å². The molecule has 0 spiro atoms. The SMILES string of the molecule is CCN1CCN(c2ccc(C(=O)Nc3cccc(Br)c3)cn2)CC1. The van der Waals surface area contributed by atoms with Crippen LogP contribution in [0.3, 0.4) is 0 Å². The number of carbonyl (C=O) groups is 1. The molecule has 0 aliphatic carbocycles. The van der Waals surface area contributed by atoms with Crippen molar-refractivity contribution in [2.45, 2.75) is 6.92 Å². The summed E-state index contributed by atoms with van der Waals surface area (Å²) in [5.74, 6) is 0.785. The number of amides is 1. The van der Waals surface area contributed by atoms with Crippen LogP contribution in [0, 0.1) is 0 Å². The van der Waals surface area contributed by atoms with E-state index in [-0.39, 0.29) is 5.91 Å². The van der Waals surface area contributed by atoms with Crippen molar-refractivity contribution in [3.05, 3.63) is 52.6 Å². The van der Waals surface area contributed by atoms with Crippen molar-refractivity contribution < 1.29 is 4.79 Å². The number of carbonyl (C=O) groups excluding carboxylic acids is 1. The molecule has 1 fully saturated rings. The Kier molecular flexibility index (Phi) is 5.48. The van der Waals surface area contributed by atoms with Gasteiger partial charge in [-0.3, -0.25) is 4.79 Å². The summed E-state index contributed by atoms with van der Waals surface area (Å²) < 4.78 is 0.931. The van der Waals surface area contributed by atoms with Gasteiger partial charge in [0.1, 0.15) is 5.82 Å². The fraction of sp³-hybridized carbons (Fsp3) is 0.333. The minimum Gasteiger partial charge on any atom is -0.354 e. The van der Waals surface area contributed by atoms with Gasteiger partial charge in [-0.05, 0) is 36.9 Å². The molecule has 0 bridgehead atoms. The number of hydrogen-bond donors (Lipinski definition) is 1. The van der Waals surface area contributed by atoms with Gasteiger partial charge >= 0.3 is 0 Å². The van der Waals surface area contributed by atoms with Crippen LogP contribution in [0.4, 0.5) is 11.5 Å². The number of pyridine rings is 1. The van der Waals surface area contributed by atoms with Gasteiger partial charge in [-0.25, -0.2) is 4.98 Å². The zero-order valence-corrected chi connectivity index (χ0v) is 15.3. The van der Waals surface area contributed by atoms with Gasteiger partial charge in [0.2, 0.25) is 0 Å². The molecule has 2 heterocycles. The molecule has 2 aromatic rings. The molecule has 5 nitrogen and oxygen atoms in total. The largest absolute Gasteiger partial charge is 0.354 e. The molecule has 1 N–H and O–H groups in total. The molecule has 24 heavy (non-hydrogen) atoms. The molecule has 0 atom stereocenters. The van der Waals surface area contributed by atoms with E-state index in [0.29, 0.717) is 5.56 Å². The van der Waals surface area contributed by atoms with E-state index >= 15 is 0 Å². The third-order valence-electron chi connectivity index (χ3n) is 4.24. The predicted octanol–water partition coefficient (Wildman–Crippen LogP) is 3.24. The fourth-order valence-corrected chi connectivity index (χ4v) is 3.17. The topological polar surface area (TPSA) is 48.5 Å². The molecule has 0 saturated carbocycles. The van der Waals surface area contributed by atoms with Gasteiger partial charge in [-0.15, -0.1) is 0 Å². The molecule has 126 valence electrons. The monoisotopic (exact) mass is 388 g/mol. The van der Waals surface area contributed by atoms with Crippen LogP contribution in [0.1, 0.15) is 17.3 Å². The number of rotatable bonds is 4. The van der Waals surface area contributed by atoms with E-state index < -0.39 is 0 Å². The maximum absolute atomic E-state index is 12.3. The third kappa shape index (κ3) is 4.13. The minimum atomic E-state index is -0.150. The van der Waals surface area contributed by atoms with Crippen LogP contribution in [0.25, 0.3) is 0 Å². The van der Waals surface area contributed by atoms with E-state index in [1.54, 1.807) is 6.20 Å². The molecule has 1 amide bonds. The van der Waals surface area contributed by atoms with E-state index in [0.717, 1.165) is 48.7 Å². The summed E-state index contributed by atoms with van der Waals surface area (Å²) in [6.07, 6.45) is 1.65. The predicted molar refractivity (Wildman–Crippen MR) is 101 cm³/mol. The number of aromatic nitrogens is 1. The lowest BCUT2D eigenvalue weighted by atomic mass is 10.2. The Morgan fingerprint density at radius 1 is 1.21 bits per heavy atom. The van der Waals surface area contributed by atoms with Crippen LogP contribution >= 0.6 is 15.9 Å². The number of anilines is 2. The smallest absolute Gasteiger partial charge is 0.257 e. The molecule has 1 aliphatic heterocycles. The molecule has 1 saturated heterocycles. The standard InChI is InChI=1S/C18H21BrN4O/c1-2-22-8-10-23(11-9-22)17-7-6-14(13-20-17)18(24)21-16-5-3-4-15(19)12-16/h3-7,12-13H,2,8-11H2,1H3,(H,21,24). The van der Waals surface area contributed by atoms with Gasteiger partial charge in [0.15, 0.2) is 0 Å². The lowest BCUT2D eigenvalue weighted by molar-refractivity contribution is 0.102. The van der Waals surface area contributed by atoms with Gasteiger partial charge in [-0.2, -0.15) is 0 Å². The van der Waals surface area contributed by atoms with Gasteiger partial charge in [-0.1, -0.05) is 28.9 Å². The van der Waals surface area contributed by atoms with E-state index in [1.165, 1.54) is 0 Å². The first-order chi connectivity index (χ1) is 11.7. The average Bonchev–Trinajstić information content (AvgIpc) is 2.62. The summed E-state index contributed by atoms with van der Waals surface area (Å²) in [7, 11) is 0. The summed E-state index contributed by atoms with van der Waals surface area (Å²) in [6.45, 7) is 7.35. The molecule has 3 rings (SSSR count). The van der Waals surface area contributed by atoms with Crippen molar-refractivity contribution in [1.29, 1.82) is 0 Å². The molecule has 6 heteroatoms. The highest BCUT2D eigenvalue weighted by Gasteiger charge is 2.17. The van der Waals surface area contributed by atoms with Gasteiger partial charge in [0, 0.05) is 42.5 Å². The Morgan fingerprint density at radius 3 is 2.62 bits per heavy atom. The van der Waals surface area contributed by atoms with Crippen LogP contribution in [0.2, 0.25) is 0 Å². The van der Waals surface area contributed by atoms with Crippen molar-refractivity contribution in [1.82, 2.24) is 9.88 Å². The number of hydrogen-bond acceptors (Lipinski definition) is 4. The average molecular weight is 389 g/mol. The van der Waals surface area contributed by atoms with Crippen LogP contribution in [0.15, 0.2) is 47.1 Å². The van der Waals surface area contributed by atoms with Crippen molar-refractivity contribution in [3.63, 3.8) is 0 Å². The molecule has 1 aromatic heterocycles. The van der Waals surface area contributed by atoms with Gasteiger partial charge in [0.05, 0.1) is 5.56 Å². The number of nitrogens with one attached hydrogen (secondary N) is 1. The molecule has 1 aromatic carbocycles. The lowest BCUT2D eigenvalue weighted by Gasteiger charge is -2.34. The van der Waals surface area contributed by atoms with Crippen LogP contribution in [-0.4, -0.2) is 48.5 Å². The second-order valence-electron chi connectivity index (χ2n) is 5.79. The van der Waals surface area contributed by atoms with Crippen molar-refractivity contribution >= 4 is 33.3 Å². The third-order valence-corrected chi connectivity index (χ3v) is 4.73. The van der Waals surface area contributed by atoms with Gasteiger partial charge < -0.3 is 15.1 Å². The molecular weight excluding hydrogens is 368 g/mol. The van der Waals surface area contributed by atoms with Crippen molar-refractivity contribution in [3.8, 4) is 0 Å². The van der Waals surface area contributed by atoms with E-state index in [1.807, 2.05) is 36.4 Å². The summed E-state index contributed by atoms with van der Waals surface area (Å²) in [4.78, 5) is 21.5. The summed E-state index contributed by atoms with van der Waals surface area (Å²) in [5.41, 5.74) is 1.32. The second kappa shape index (κ2) is 7.77. The number of piperazine rings is 1.